The van der Waals surface area contributed by atoms with Gasteiger partial charge in [-0.1, -0.05) is 165 Å². The van der Waals surface area contributed by atoms with Crippen molar-refractivity contribution in [1.29, 1.82) is 0 Å². The van der Waals surface area contributed by atoms with E-state index in [1.165, 1.54) is 83.5 Å². The molecule has 0 saturated heterocycles. The molecule has 256 valence electrons. The highest BCUT2D eigenvalue weighted by molar-refractivity contribution is 5.96. The second kappa shape index (κ2) is 11.3. The van der Waals surface area contributed by atoms with Crippen LogP contribution in [0.4, 0.5) is 17.1 Å². The van der Waals surface area contributed by atoms with E-state index in [-0.39, 0.29) is 5.41 Å². The Bertz CT molecular complexity index is 2760. The van der Waals surface area contributed by atoms with E-state index in [1.54, 1.807) is 0 Å². The fraction of sp³-hybridized carbons (Fsp3) is 0.0943. The Balaban J connectivity index is 1.16. The van der Waals surface area contributed by atoms with Crippen LogP contribution in [0.15, 0.2) is 182 Å². The Morgan fingerprint density at radius 1 is 0.333 bits per heavy atom. The van der Waals surface area contributed by atoms with Crippen LogP contribution >= 0.6 is 0 Å². The standard InChI is InChI=1S/C53H39N/c1-34-21-28-44-45-30-27-39(33-51(45)53(50(44)31-34)47-19-11-8-16-41(47)42-17-9-12-20-48(42)53)54(37-24-22-36(23-25-37)35-13-5-4-6-14-35)38-26-29-43-40-15-7-10-18-46(40)52(2,3)49(43)32-38/h4-33H,1-3H3. The molecule has 8 aromatic rings. The predicted molar refractivity (Wildman–Crippen MR) is 225 cm³/mol. The summed E-state index contributed by atoms with van der Waals surface area (Å²) in [6, 6.07) is 68.2. The molecule has 0 aromatic heterocycles. The molecule has 3 aliphatic carbocycles. The number of benzene rings is 8. The van der Waals surface area contributed by atoms with E-state index in [2.05, 4.69) is 208 Å². The second-order valence-electron chi connectivity index (χ2n) is 15.8. The largest absolute Gasteiger partial charge is 0.310 e. The zero-order chi connectivity index (χ0) is 36.2. The fourth-order valence-electron chi connectivity index (χ4n) is 10.1. The lowest BCUT2D eigenvalue weighted by Crippen LogP contribution is -2.26. The van der Waals surface area contributed by atoms with Crippen LogP contribution in [0, 0.1) is 6.92 Å². The number of hydrogen-bond donors (Lipinski definition) is 0. The molecule has 0 atom stereocenters. The minimum Gasteiger partial charge on any atom is -0.310 e. The Labute approximate surface area is 317 Å². The van der Waals surface area contributed by atoms with Crippen LogP contribution in [0.3, 0.4) is 0 Å². The van der Waals surface area contributed by atoms with Gasteiger partial charge in [0, 0.05) is 22.5 Å². The highest BCUT2D eigenvalue weighted by Crippen LogP contribution is 2.63. The van der Waals surface area contributed by atoms with Crippen LogP contribution < -0.4 is 4.90 Å². The molecule has 0 bridgehead atoms. The summed E-state index contributed by atoms with van der Waals surface area (Å²) in [5.41, 5.74) is 22.8. The van der Waals surface area contributed by atoms with Crippen molar-refractivity contribution in [2.75, 3.05) is 4.90 Å². The van der Waals surface area contributed by atoms with Gasteiger partial charge in [-0.2, -0.15) is 0 Å². The van der Waals surface area contributed by atoms with E-state index < -0.39 is 5.41 Å². The number of nitrogens with zero attached hydrogens (tertiary/aromatic N) is 1. The summed E-state index contributed by atoms with van der Waals surface area (Å²) >= 11 is 0. The van der Waals surface area contributed by atoms with E-state index in [0.717, 1.165) is 17.1 Å². The normalized spacial score (nSPS) is 14.5. The maximum atomic E-state index is 2.50. The highest BCUT2D eigenvalue weighted by Gasteiger charge is 2.51. The van der Waals surface area contributed by atoms with Crippen molar-refractivity contribution in [2.45, 2.75) is 31.6 Å². The first-order chi connectivity index (χ1) is 26.4. The number of hydrogen-bond acceptors (Lipinski definition) is 1. The van der Waals surface area contributed by atoms with E-state index in [9.17, 15) is 0 Å². The molecule has 3 aliphatic rings. The van der Waals surface area contributed by atoms with Gasteiger partial charge in [0.05, 0.1) is 5.41 Å². The van der Waals surface area contributed by atoms with Crippen molar-refractivity contribution in [3.05, 3.63) is 221 Å². The van der Waals surface area contributed by atoms with Gasteiger partial charge in [0.1, 0.15) is 0 Å². The van der Waals surface area contributed by atoms with Crippen LogP contribution in [-0.2, 0) is 10.8 Å². The maximum Gasteiger partial charge on any atom is 0.0726 e. The lowest BCUT2D eigenvalue weighted by molar-refractivity contribution is 0.660. The topological polar surface area (TPSA) is 3.24 Å². The molecule has 1 spiro atoms. The first-order valence-electron chi connectivity index (χ1n) is 19.1. The SMILES string of the molecule is Cc1ccc2c(c1)C1(c3ccccc3-c3ccccc31)c1cc(N(c3ccc(-c4ccccc4)cc3)c3ccc4c(c3)C(C)(C)c3ccccc3-4)ccc1-2. The van der Waals surface area contributed by atoms with Crippen molar-refractivity contribution in [2.24, 2.45) is 0 Å². The third-order valence-corrected chi connectivity index (χ3v) is 12.5. The smallest absolute Gasteiger partial charge is 0.0726 e. The summed E-state index contributed by atoms with van der Waals surface area (Å²) in [6.45, 7) is 6.96. The van der Waals surface area contributed by atoms with Crippen molar-refractivity contribution >= 4 is 17.1 Å². The van der Waals surface area contributed by atoms with Gasteiger partial charge in [-0.3, -0.25) is 0 Å². The summed E-state index contributed by atoms with van der Waals surface area (Å²) in [6.07, 6.45) is 0. The van der Waals surface area contributed by atoms with Gasteiger partial charge < -0.3 is 4.90 Å². The first kappa shape index (κ1) is 31.1. The summed E-state index contributed by atoms with van der Waals surface area (Å²) in [7, 11) is 0. The molecular weight excluding hydrogens is 651 g/mol. The van der Waals surface area contributed by atoms with Crippen LogP contribution in [0.25, 0.3) is 44.5 Å². The number of fused-ring (bicyclic) bond motifs is 13. The number of aryl methyl sites for hydroxylation is 1. The lowest BCUT2D eigenvalue weighted by Gasteiger charge is -2.32. The van der Waals surface area contributed by atoms with Gasteiger partial charge in [-0.05, 0) is 121 Å². The summed E-state index contributed by atoms with van der Waals surface area (Å²) < 4.78 is 0. The minimum atomic E-state index is -0.412. The van der Waals surface area contributed by atoms with Gasteiger partial charge >= 0.3 is 0 Å². The van der Waals surface area contributed by atoms with Crippen molar-refractivity contribution < 1.29 is 0 Å². The zero-order valence-corrected chi connectivity index (χ0v) is 30.8. The molecule has 0 aliphatic heterocycles. The van der Waals surface area contributed by atoms with Gasteiger partial charge in [-0.15, -0.1) is 0 Å². The van der Waals surface area contributed by atoms with Crippen molar-refractivity contribution in [3.8, 4) is 44.5 Å². The molecule has 0 heterocycles. The van der Waals surface area contributed by atoms with E-state index in [0.29, 0.717) is 0 Å². The third-order valence-electron chi connectivity index (χ3n) is 12.5. The molecule has 11 rings (SSSR count). The van der Waals surface area contributed by atoms with Gasteiger partial charge in [0.2, 0.25) is 0 Å². The Kier molecular flexibility index (Phi) is 6.50. The monoisotopic (exact) mass is 689 g/mol. The summed E-state index contributed by atoms with van der Waals surface area (Å²) in [5.74, 6) is 0. The second-order valence-corrected chi connectivity index (χ2v) is 15.8. The summed E-state index contributed by atoms with van der Waals surface area (Å²) in [4.78, 5) is 2.48. The third kappa shape index (κ3) is 4.15. The molecule has 0 amide bonds. The van der Waals surface area contributed by atoms with E-state index >= 15 is 0 Å². The van der Waals surface area contributed by atoms with Gasteiger partial charge in [-0.25, -0.2) is 0 Å². The Morgan fingerprint density at radius 3 is 1.39 bits per heavy atom. The molecule has 1 nitrogen and oxygen atoms in total. The van der Waals surface area contributed by atoms with Gasteiger partial charge in [0.15, 0.2) is 0 Å². The van der Waals surface area contributed by atoms with Crippen molar-refractivity contribution in [1.82, 2.24) is 0 Å². The minimum absolute atomic E-state index is 0.108. The van der Waals surface area contributed by atoms with Crippen LogP contribution in [0.5, 0.6) is 0 Å². The number of anilines is 3. The zero-order valence-electron chi connectivity index (χ0n) is 30.8. The summed E-state index contributed by atoms with van der Waals surface area (Å²) in [5, 5.41) is 0. The molecule has 1 heteroatoms. The molecule has 0 saturated carbocycles. The molecule has 0 unspecified atom stereocenters. The average molecular weight is 690 g/mol. The molecule has 0 N–H and O–H groups in total. The molecular formula is C53H39N. The lowest BCUT2D eigenvalue weighted by atomic mass is 9.70. The molecule has 8 aromatic carbocycles. The van der Waals surface area contributed by atoms with E-state index in [4.69, 9.17) is 0 Å². The van der Waals surface area contributed by atoms with Crippen LogP contribution in [0.1, 0.15) is 52.8 Å². The Hall–Kier alpha value is -6.44. The predicted octanol–water partition coefficient (Wildman–Crippen LogP) is 13.8. The molecule has 54 heavy (non-hydrogen) atoms. The number of rotatable bonds is 4. The molecule has 0 radical (unpaired) electrons. The molecule has 0 fully saturated rings. The maximum absolute atomic E-state index is 2.50. The quantitative estimate of drug-likeness (QED) is 0.178. The first-order valence-corrected chi connectivity index (χ1v) is 19.1. The highest BCUT2D eigenvalue weighted by atomic mass is 15.1. The van der Waals surface area contributed by atoms with Crippen LogP contribution in [-0.4, -0.2) is 0 Å². The van der Waals surface area contributed by atoms with Gasteiger partial charge in [0.25, 0.3) is 0 Å². The van der Waals surface area contributed by atoms with Crippen molar-refractivity contribution in [3.63, 3.8) is 0 Å². The average Bonchev–Trinajstić information content (AvgIpc) is 3.77. The van der Waals surface area contributed by atoms with E-state index in [1.807, 2.05) is 0 Å². The van der Waals surface area contributed by atoms with Crippen LogP contribution in [0.2, 0.25) is 0 Å². The fourth-order valence-corrected chi connectivity index (χ4v) is 10.1. The Morgan fingerprint density at radius 2 is 0.759 bits per heavy atom.